The first-order valence-electron chi connectivity index (χ1n) is 5.28. The van der Waals surface area contributed by atoms with E-state index in [9.17, 15) is 18.0 Å². The topological polar surface area (TPSA) is 26.3 Å². The number of carbonyl (C=O) groups is 1. The molecular formula is C10H15F3O2. The average molecular weight is 224 g/mol. The van der Waals surface area contributed by atoms with Crippen molar-refractivity contribution in [3.8, 4) is 0 Å². The smallest absolute Gasteiger partial charge is 0.456 e. The van der Waals surface area contributed by atoms with Gasteiger partial charge in [-0.05, 0) is 25.7 Å². The minimum Gasteiger partial charge on any atom is -0.456 e. The summed E-state index contributed by atoms with van der Waals surface area (Å²) >= 11 is 0. The highest BCUT2D eigenvalue weighted by atomic mass is 19.4. The zero-order chi connectivity index (χ0) is 11.3. The Hall–Kier alpha value is -0.740. The summed E-state index contributed by atoms with van der Waals surface area (Å²) in [6.45, 7) is 0. The second kappa shape index (κ2) is 5.37. The highest BCUT2D eigenvalue weighted by Crippen LogP contribution is 2.23. The lowest BCUT2D eigenvalue weighted by Crippen LogP contribution is -2.30. The second-order valence-corrected chi connectivity index (χ2v) is 3.87. The first-order valence-corrected chi connectivity index (χ1v) is 5.28. The average Bonchev–Trinajstić information content (AvgIpc) is 2.07. The van der Waals surface area contributed by atoms with Gasteiger partial charge >= 0.3 is 12.1 Å². The molecular weight excluding hydrogens is 209 g/mol. The van der Waals surface area contributed by atoms with E-state index in [1.807, 2.05) is 0 Å². The number of carbonyl (C=O) groups excluding carboxylic acids is 1. The van der Waals surface area contributed by atoms with Gasteiger partial charge in [0.05, 0.1) is 0 Å². The number of alkyl halides is 3. The molecule has 0 aromatic rings. The highest BCUT2D eigenvalue weighted by molar-refractivity contribution is 5.75. The van der Waals surface area contributed by atoms with Gasteiger partial charge in [0.25, 0.3) is 0 Å². The molecule has 5 heteroatoms. The van der Waals surface area contributed by atoms with Crippen LogP contribution in [0.25, 0.3) is 0 Å². The number of esters is 1. The molecule has 0 aromatic heterocycles. The van der Waals surface area contributed by atoms with Crippen molar-refractivity contribution in [2.75, 3.05) is 0 Å². The Morgan fingerprint density at radius 1 is 1.00 bits per heavy atom. The number of halogens is 3. The van der Waals surface area contributed by atoms with Gasteiger partial charge in [0, 0.05) is 0 Å². The van der Waals surface area contributed by atoms with Crippen LogP contribution in [0.1, 0.15) is 44.9 Å². The van der Waals surface area contributed by atoms with E-state index in [4.69, 9.17) is 0 Å². The zero-order valence-electron chi connectivity index (χ0n) is 8.48. The van der Waals surface area contributed by atoms with Crippen molar-refractivity contribution in [1.82, 2.24) is 0 Å². The fraction of sp³-hybridized carbons (Fsp3) is 0.900. The molecule has 0 aromatic carbocycles. The Bertz CT molecular complexity index is 205. The van der Waals surface area contributed by atoms with Gasteiger partial charge in [-0.15, -0.1) is 0 Å². The predicted molar refractivity (Wildman–Crippen MR) is 48.3 cm³/mol. The minimum absolute atomic E-state index is 0.542. The van der Waals surface area contributed by atoms with Gasteiger partial charge in [-0.25, -0.2) is 4.79 Å². The standard InChI is InChI=1S/C10H15F3O2/c11-10(12,13)9(14)15-8-6-4-2-1-3-5-7-8/h8H,1-7H2. The first-order chi connectivity index (χ1) is 7.00. The van der Waals surface area contributed by atoms with Crippen LogP contribution in [0.4, 0.5) is 13.2 Å². The van der Waals surface area contributed by atoms with Crippen LogP contribution in [0.15, 0.2) is 0 Å². The molecule has 0 amide bonds. The normalized spacial score (nSPS) is 20.5. The lowest BCUT2D eigenvalue weighted by Gasteiger charge is -2.20. The summed E-state index contributed by atoms with van der Waals surface area (Å²) in [6.07, 6.45) is 0.553. The molecule has 88 valence electrons. The molecule has 0 N–H and O–H groups in total. The third-order valence-corrected chi connectivity index (χ3v) is 2.56. The Morgan fingerprint density at radius 3 is 1.93 bits per heavy atom. The molecule has 0 saturated heterocycles. The van der Waals surface area contributed by atoms with E-state index in [-0.39, 0.29) is 0 Å². The van der Waals surface area contributed by atoms with Gasteiger partial charge in [-0.3, -0.25) is 0 Å². The van der Waals surface area contributed by atoms with E-state index in [0.717, 1.165) is 32.1 Å². The van der Waals surface area contributed by atoms with Crippen LogP contribution in [0, 0.1) is 0 Å². The van der Waals surface area contributed by atoms with Gasteiger partial charge in [0.1, 0.15) is 6.10 Å². The highest BCUT2D eigenvalue weighted by Gasteiger charge is 2.42. The van der Waals surface area contributed by atoms with E-state index in [2.05, 4.69) is 4.74 Å². The Kier molecular flexibility index (Phi) is 4.42. The Labute approximate surface area is 86.8 Å². The van der Waals surface area contributed by atoms with Crippen molar-refractivity contribution in [3.05, 3.63) is 0 Å². The molecule has 1 rings (SSSR count). The van der Waals surface area contributed by atoms with Gasteiger partial charge in [-0.1, -0.05) is 19.3 Å². The summed E-state index contributed by atoms with van der Waals surface area (Å²) in [5.74, 6) is -2.05. The maximum atomic E-state index is 11.9. The van der Waals surface area contributed by atoms with Gasteiger partial charge in [0.2, 0.25) is 0 Å². The van der Waals surface area contributed by atoms with Crippen LogP contribution in [0.5, 0.6) is 0 Å². The summed E-state index contributed by atoms with van der Waals surface area (Å²) < 4.78 is 40.2. The molecule has 1 aliphatic carbocycles. The van der Waals surface area contributed by atoms with Crippen LogP contribution in [-0.4, -0.2) is 18.2 Å². The second-order valence-electron chi connectivity index (χ2n) is 3.87. The van der Waals surface area contributed by atoms with E-state index in [1.54, 1.807) is 0 Å². The van der Waals surface area contributed by atoms with Gasteiger partial charge in [0.15, 0.2) is 0 Å². The van der Waals surface area contributed by atoms with E-state index < -0.39 is 18.2 Å². The lowest BCUT2D eigenvalue weighted by molar-refractivity contribution is -0.205. The van der Waals surface area contributed by atoms with Crippen molar-refractivity contribution in [1.29, 1.82) is 0 Å². The van der Waals surface area contributed by atoms with E-state index >= 15 is 0 Å². The molecule has 0 aliphatic heterocycles. The van der Waals surface area contributed by atoms with Crippen LogP contribution >= 0.6 is 0 Å². The van der Waals surface area contributed by atoms with Crippen LogP contribution < -0.4 is 0 Å². The monoisotopic (exact) mass is 224 g/mol. The SMILES string of the molecule is O=C(OC1CCCCCCC1)C(F)(F)F. The first kappa shape index (κ1) is 12.3. The Balaban J connectivity index is 2.38. The summed E-state index contributed by atoms with van der Waals surface area (Å²) in [7, 11) is 0. The molecule has 0 radical (unpaired) electrons. The fourth-order valence-corrected chi connectivity index (χ4v) is 1.75. The van der Waals surface area contributed by atoms with Crippen molar-refractivity contribution in [2.45, 2.75) is 57.2 Å². The summed E-state index contributed by atoms with van der Waals surface area (Å²) in [5.41, 5.74) is 0. The maximum Gasteiger partial charge on any atom is 0.490 e. The zero-order valence-corrected chi connectivity index (χ0v) is 8.48. The van der Waals surface area contributed by atoms with Crippen LogP contribution in [0.3, 0.4) is 0 Å². The maximum absolute atomic E-state index is 11.9. The minimum atomic E-state index is -4.86. The summed E-state index contributed by atoms with van der Waals surface area (Å²) in [4.78, 5) is 10.6. The predicted octanol–water partition coefficient (Wildman–Crippen LogP) is 3.20. The number of rotatable bonds is 1. The van der Waals surface area contributed by atoms with E-state index in [1.165, 1.54) is 0 Å². The third-order valence-electron chi connectivity index (χ3n) is 2.56. The molecule has 15 heavy (non-hydrogen) atoms. The molecule has 0 bridgehead atoms. The number of hydrogen-bond donors (Lipinski definition) is 0. The van der Waals surface area contributed by atoms with Gasteiger partial charge in [-0.2, -0.15) is 13.2 Å². The lowest BCUT2D eigenvalue weighted by atomic mass is 9.99. The van der Waals surface area contributed by atoms with Crippen molar-refractivity contribution in [3.63, 3.8) is 0 Å². The number of ether oxygens (including phenoxy) is 1. The molecule has 0 heterocycles. The molecule has 1 fully saturated rings. The van der Waals surface area contributed by atoms with Crippen molar-refractivity contribution >= 4 is 5.97 Å². The van der Waals surface area contributed by atoms with Crippen LogP contribution in [-0.2, 0) is 9.53 Å². The molecule has 0 atom stereocenters. The molecule has 2 nitrogen and oxygen atoms in total. The molecule has 0 unspecified atom stereocenters. The van der Waals surface area contributed by atoms with Crippen molar-refractivity contribution < 1.29 is 22.7 Å². The largest absolute Gasteiger partial charge is 0.490 e. The van der Waals surface area contributed by atoms with Gasteiger partial charge < -0.3 is 4.74 Å². The third kappa shape index (κ3) is 4.53. The quantitative estimate of drug-likeness (QED) is 0.639. The van der Waals surface area contributed by atoms with Crippen molar-refractivity contribution in [2.24, 2.45) is 0 Å². The Morgan fingerprint density at radius 2 is 1.47 bits per heavy atom. The van der Waals surface area contributed by atoms with E-state index in [0.29, 0.717) is 12.8 Å². The van der Waals surface area contributed by atoms with Crippen LogP contribution in [0.2, 0.25) is 0 Å². The summed E-state index contributed by atoms with van der Waals surface area (Å²) in [6, 6.07) is 0. The molecule has 0 spiro atoms. The number of hydrogen-bond acceptors (Lipinski definition) is 2. The molecule has 1 saturated carbocycles. The summed E-state index contributed by atoms with van der Waals surface area (Å²) in [5, 5.41) is 0. The molecule has 1 aliphatic rings. The fourth-order valence-electron chi connectivity index (χ4n) is 1.75.